The maximum atomic E-state index is 12.1. The van der Waals surface area contributed by atoms with E-state index in [-0.39, 0.29) is 5.91 Å². The van der Waals surface area contributed by atoms with E-state index in [1.54, 1.807) is 0 Å². The summed E-state index contributed by atoms with van der Waals surface area (Å²) < 4.78 is 3.92. The van der Waals surface area contributed by atoms with Crippen LogP contribution >= 0.6 is 0 Å². The van der Waals surface area contributed by atoms with Gasteiger partial charge in [-0.25, -0.2) is 0 Å². The van der Waals surface area contributed by atoms with E-state index in [1.807, 2.05) is 27.4 Å². The van der Waals surface area contributed by atoms with Crippen molar-refractivity contribution in [3.8, 4) is 0 Å². The number of carbonyl (C=O) groups is 1. The average molecular weight is 289 g/mol. The molecule has 1 aliphatic heterocycles. The molecule has 3 rings (SSSR count). The van der Waals surface area contributed by atoms with Crippen LogP contribution in [-0.4, -0.2) is 43.5 Å². The molecule has 1 saturated heterocycles. The third-order valence-electron chi connectivity index (χ3n) is 4.15. The lowest BCUT2D eigenvalue weighted by Crippen LogP contribution is -2.28. The number of aryl methyl sites for hydroxylation is 2. The van der Waals surface area contributed by atoms with E-state index in [0.29, 0.717) is 19.0 Å². The molecule has 2 aromatic heterocycles. The standard InChI is InChI=1S/C15H23N5O/c1-11(2)20-13-10-16-19(15(13)12(3)17-20)9-6-14(21)18-7-4-5-8-18/h10-11H,4-9H2,1-3H3. The number of hydrogen-bond acceptors (Lipinski definition) is 3. The molecule has 0 aliphatic carbocycles. The van der Waals surface area contributed by atoms with Crippen LogP contribution in [0.4, 0.5) is 0 Å². The van der Waals surface area contributed by atoms with Crippen molar-refractivity contribution in [2.24, 2.45) is 0 Å². The Morgan fingerprint density at radius 3 is 2.71 bits per heavy atom. The van der Waals surface area contributed by atoms with E-state index in [9.17, 15) is 4.79 Å². The minimum absolute atomic E-state index is 0.241. The fourth-order valence-corrected chi connectivity index (χ4v) is 3.07. The van der Waals surface area contributed by atoms with Crippen molar-refractivity contribution in [1.29, 1.82) is 0 Å². The summed E-state index contributed by atoms with van der Waals surface area (Å²) in [6.07, 6.45) is 4.65. The highest BCUT2D eigenvalue weighted by atomic mass is 16.2. The summed E-state index contributed by atoms with van der Waals surface area (Å²) in [5, 5.41) is 9.02. The summed E-state index contributed by atoms with van der Waals surface area (Å²) >= 11 is 0. The minimum Gasteiger partial charge on any atom is -0.343 e. The highest BCUT2D eigenvalue weighted by Gasteiger charge is 2.19. The Morgan fingerprint density at radius 1 is 1.33 bits per heavy atom. The van der Waals surface area contributed by atoms with Gasteiger partial charge < -0.3 is 4.90 Å². The van der Waals surface area contributed by atoms with Gasteiger partial charge in [-0.05, 0) is 33.6 Å². The molecule has 0 radical (unpaired) electrons. The van der Waals surface area contributed by atoms with E-state index in [2.05, 4.69) is 24.0 Å². The van der Waals surface area contributed by atoms with Crippen LogP contribution in [0.25, 0.3) is 11.0 Å². The van der Waals surface area contributed by atoms with E-state index in [1.165, 1.54) is 0 Å². The Kier molecular flexibility index (Phi) is 3.69. The molecule has 6 heteroatoms. The Hall–Kier alpha value is -1.85. The predicted molar refractivity (Wildman–Crippen MR) is 81.1 cm³/mol. The van der Waals surface area contributed by atoms with Crippen LogP contribution in [0.15, 0.2) is 6.20 Å². The molecule has 3 heterocycles. The molecule has 0 aromatic carbocycles. The normalized spacial score (nSPS) is 15.5. The van der Waals surface area contributed by atoms with E-state index >= 15 is 0 Å². The van der Waals surface area contributed by atoms with Gasteiger partial charge in [-0.1, -0.05) is 0 Å². The molecule has 0 unspecified atom stereocenters. The Bertz CT molecular complexity index is 648. The van der Waals surface area contributed by atoms with Crippen LogP contribution in [0.5, 0.6) is 0 Å². The van der Waals surface area contributed by atoms with Crippen molar-refractivity contribution in [3.63, 3.8) is 0 Å². The van der Waals surface area contributed by atoms with Gasteiger partial charge in [0.25, 0.3) is 0 Å². The molecule has 1 amide bonds. The van der Waals surface area contributed by atoms with Gasteiger partial charge in [-0.15, -0.1) is 0 Å². The first-order valence-corrected chi connectivity index (χ1v) is 7.76. The summed E-state index contributed by atoms with van der Waals surface area (Å²) in [4.78, 5) is 14.1. The van der Waals surface area contributed by atoms with Crippen LogP contribution in [0.3, 0.4) is 0 Å². The van der Waals surface area contributed by atoms with Crippen molar-refractivity contribution in [1.82, 2.24) is 24.5 Å². The molecule has 1 aliphatic rings. The maximum absolute atomic E-state index is 12.1. The van der Waals surface area contributed by atoms with Crippen molar-refractivity contribution >= 4 is 16.9 Å². The summed E-state index contributed by atoms with van der Waals surface area (Å²) in [6, 6.07) is 0.310. The molecule has 0 N–H and O–H groups in total. The summed E-state index contributed by atoms with van der Waals surface area (Å²) in [5.41, 5.74) is 3.08. The third kappa shape index (κ3) is 2.54. The lowest BCUT2D eigenvalue weighted by Gasteiger charge is -2.14. The molecule has 0 spiro atoms. The largest absolute Gasteiger partial charge is 0.343 e. The molecular weight excluding hydrogens is 266 g/mol. The van der Waals surface area contributed by atoms with Crippen molar-refractivity contribution < 1.29 is 4.79 Å². The number of nitrogens with zero attached hydrogens (tertiary/aromatic N) is 5. The van der Waals surface area contributed by atoms with Crippen LogP contribution in [-0.2, 0) is 11.3 Å². The number of carbonyl (C=O) groups excluding carboxylic acids is 1. The quantitative estimate of drug-likeness (QED) is 0.866. The first kappa shape index (κ1) is 14.1. The molecule has 0 atom stereocenters. The lowest BCUT2D eigenvalue weighted by atomic mass is 10.3. The number of fused-ring (bicyclic) bond motifs is 1. The van der Waals surface area contributed by atoms with Gasteiger partial charge in [0.2, 0.25) is 5.91 Å². The van der Waals surface area contributed by atoms with Gasteiger partial charge in [0.15, 0.2) is 0 Å². The number of aromatic nitrogens is 4. The zero-order valence-corrected chi connectivity index (χ0v) is 13.0. The monoisotopic (exact) mass is 289 g/mol. The molecular formula is C15H23N5O. The maximum Gasteiger partial charge on any atom is 0.224 e. The first-order chi connectivity index (χ1) is 10.1. The lowest BCUT2D eigenvalue weighted by molar-refractivity contribution is -0.130. The fraction of sp³-hybridized carbons (Fsp3) is 0.667. The van der Waals surface area contributed by atoms with Crippen LogP contribution < -0.4 is 0 Å². The zero-order chi connectivity index (χ0) is 15.0. The summed E-state index contributed by atoms with van der Waals surface area (Å²) in [7, 11) is 0. The second-order valence-corrected chi connectivity index (χ2v) is 6.06. The Balaban J connectivity index is 1.77. The number of amides is 1. The average Bonchev–Trinajstić information content (AvgIpc) is 3.14. The molecule has 6 nitrogen and oxygen atoms in total. The third-order valence-corrected chi connectivity index (χ3v) is 4.15. The predicted octanol–water partition coefficient (Wildman–Crippen LogP) is 2.13. The van der Waals surface area contributed by atoms with Gasteiger partial charge >= 0.3 is 0 Å². The van der Waals surface area contributed by atoms with Gasteiger partial charge in [0, 0.05) is 25.6 Å². The Labute approximate surface area is 124 Å². The molecule has 2 aromatic rings. The highest BCUT2D eigenvalue weighted by Crippen LogP contribution is 2.21. The van der Waals surface area contributed by atoms with Crippen LogP contribution in [0.2, 0.25) is 0 Å². The summed E-state index contributed by atoms with van der Waals surface area (Å²) in [6.45, 7) is 8.68. The number of rotatable bonds is 4. The smallest absolute Gasteiger partial charge is 0.224 e. The van der Waals surface area contributed by atoms with E-state index in [0.717, 1.165) is 42.7 Å². The van der Waals surface area contributed by atoms with Gasteiger partial charge in [-0.3, -0.25) is 14.2 Å². The first-order valence-electron chi connectivity index (χ1n) is 7.76. The van der Waals surface area contributed by atoms with Crippen LogP contribution in [0.1, 0.15) is 44.8 Å². The Morgan fingerprint density at radius 2 is 2.05 bits per heavy atom. The fourth-order valence-electron chi connectivity index (χ4n) is 3.07. The molecule has 0 saturated carbocycles. The van der Waals surface area contributed by atoms with Crippen molar-refractivity contribution in [3.05, 3.63) is 11.9 Å². The second-order valence-electron chi connectivity index (χ2n) is 6.06. The molecule has 114 valence electrons. The van der Waals surface area contributed by atoms with Gasteiger partial charge in [0.1, 0.15) is 11.0 Å². The van der Waals surface area contributed by atoms with E-state index < -0.39 is 0 Å². The highest BCUT2D eigenvalue weighted by molar-refractivity contribution is 5.79. The molecule has 0 bridgehead atoms. The molecule has 1 fully saturated rings. The SMILES string of the molecule is Cc1nn(C(C)C)c2cnn(CCC(=O)N3CCCC3)c12. The zero-order valence-electron chi connectivity index (χ0n) is 13.0. The van der Waals surface area contributed by atoms with Gasteiger partial charge in [0.05, 0.1) is 18.4 Å². The second kappa shape index (κ2) is 5.50. The van der Waals surface area contributed by atoms with Gasteiger partial charge in [-0.2, -0.15) is 10.2 Å². The van der Waals surface area contributed by atoms with Crippen molar-refractivity contribution in [2.45, 2.75) is 52.6 Å². The minimum atomic E-state index is 0.241. The molecule has 21 heavy (non-hydrogen) atoms. The topological polar surface area (TPSA) is 56.0 Å². The van der Waals surface area contributed by atoms with E-state index in [4.69, 9.17) is 0 Å². The summed E-state index contributed by atoms with van der Waals surface area (Å²) in [5.74, 6) is 0.241. The number of likely N-dealkylation sites (tertiary alicyclic amines) is 1. The number of hydrogen-bond donors (Lipinski definition) is 0. The van der Waals surface area contributed by atoms with Crippen molar-refractivity contribution in [2.75, 3.05) is 13.1 Å². The van der Waals surface area contributed by atoms with Crippen LogP contribution in [0, 0.1) is 6.92 Å².